The molecule has 0 atom stereocenters. The van der Waals surface area contributed by atoms with Gasteiger partial charge in [-0.15, -0.1) is 11.7 Å². The standard InChI is InChI=1S/C18H22N2OS2/c1-15(18-4-2-3-10-20(18)11-12-21)14-16-5-7-17(8-6-16)19-9-13-23-22/h2-8,10,14,21-22H,9,11-13H2,1H3/p+1. The van der Waals surface area contributed by atoms with E-state index in [1.165, 1.54) is 16.4 Å². The van der Waals surface area contributed by atoms with Crippen molar-refractivity contribution < 1.29 is 9.67 Å². The summed E-state index contributed by atoms with van der Waals surface area (Å²) < 4.78 is 2.07. The zero-order valence-corrected chi connectivity index (χ0v) is 15.0. The van der Waals surface area contributed by atoms with Crippen LogP contribution < -0.4 is 9.88 Å². The molecular weight excluding hydrogens is 324 g/mol. The lowest BCUT2D eigenvalue weighted by molar-refractivity contribution is -0.700. The Hall–Kier alpha value is -1.43. The minimum atomic E-state index is 0.139. The van der Waals surface area contributed by atoms with Gasteiger partial charge in [0.1, 0.15) is 6.61 Å². The maximum Gasteiger partial charge on any atom is 0.208 e. The van der Waals surface area contributed by atoms with Gasteiger partial charge in [-0.1, -0.05) is 22.9 Å². The molecule has 0 aliphatic rings. The van der Waals surface area contributed by atoms with Crippen molar-refractivity contribution in [3.63, 3.8) is 0 Å². The number of benzene rings is 1. The topological polar surface area (TPSA) is 36.1 Å². The molecular formula is C18H23N2OS2+. The van der Waals surface area contributed by atoms with Crippen molar-refractivity contribution >= 4 is 39.8 Å². The Kier molecular flexibility index (Phi) is 7.52. The maximum atomic E-state index is 9.18. The van der Waals surface area contributed by atoms with Crippen molar-refractivity contribution in [2.24, 2.45) is 0 Å². The predicted octanol–water partition coefficient (Wildman–Crippen LogP) is 3.52. The number of aliphatic hydroxyl groups excluding tert-OH is 1. The molecule has 1 aromatic heterocycles. The van der Waals surface area contributed by atoms with Gasteiger partial charge in [0, 0.05) is 35.7 Å². The van der Waals surface area contributed by atoms with Crippen molar-refractivity contribution in [1.82, 2.24) is 0 Å². The van der Waals surface area contributed by atoms with Crippen LogP contribution in [-0.2, 0) is 6.54 Å². The number of aromatic nitrogens is 1. The molecule has 0 spiro atoms. The first-order valence-electron chi connectivity index (χ1n) is 7.63. The van der Waals surface area contributed by atoms with Gasteiger partial charge in [0.25, 0.3) is 0 Å². The van der Waals surface area contributed by atoms with Crippen molar-refractivity contribution in [2.75, 3.05) is 24.2 Å². The fourth-order valence-corrected chi connectivity index (χ4v) is 2.87. The van der Waals surface area contributed by atoms with Gasteiger partial charge in [-0.25, -0.2) is 0 Å². The average molecular weight is 348 g/mol. The van der Waals surface area contributed by atoms with Gasteiger partial charge in [-0.05, 0) is 36.8 Å². The molecule has 1 heterocycles. The SMILES string of the molecule is C/C(=C\c1ccc(NCCSS)cc1)c1cccc[n+]1CCO. The number of thiol groups is 1. The Labute approximate surface area is 147 Å². The van der Waals surface area contributed by atoms with Gasteiger partial charge in [0.05, 0.1) is 0 Å². The Balaban J connectivity index is 2.11. The molecule has 5 heteroatoms. The molecule has 2 aromatic rings. The van der Waals surface area contributed by atoms with Crippen LogP contribution in [0.1, 0.15) is 18.2 Å². The molecule has 2 rings (SSSR count). The van der Waals surface area contributed by atoms with Gasteiger partial charge in [-0.3, -0.25) is 0 Å². The molecule has 0 amide bonds. The van der Waals surface area contributed by atoms with Crippen molar-refractivity contribution in [1.29, 1.82) is 0 Å². The molecule has 2 N–H and O–H groups in total. The molecule has 0 radical (unpaired) electrons. The van der Waals surface area contributed by atoms with Crippen LogP contribution in [-0.4, -0.2) is 24.0 Å². The molecule has 122 valence electrons. The highest BCUT2D eigenvalue weighted by molar-refractivity contribution is 8.68. The highest BCUT2D eigenvalue weighted by atomic mass is 33.1. The van der Waals surface area contributed by atoms with Crippen molar-refractivity contribution in [3.05, 3.63) is 59.9 Å². The minimum Gasteiger partial charge on any atom is -0.390 e. The van der Waals surface area contributed by atoms with E-state index in [1.54, 1.807) is 0 Å². The first-order chi connectivity index (χ1) is 11.2. The predicted molar refractivity (Wildman–Crippen MR) is 104 cm³/mol. The van der Waals surface area contributed by atoms with Crippen LogP contribution in [0.2, 0.25) is 0 Å². The number of nitrogens with one attached hydrogen (secondary N) is 1. The fraction of sp³-hybridized carbons (Fsp3) is 0.278. The second kappa shape index (κ2) is 9.65. The first kappa shape index (κ1) is 17.9. The summed E-state index contributed by atoms with van der Waals surface area (Å²) in [6.07, 6.45) is 4.16. The van der Waals surface area contributed by atoms with Crippen LogP contribution >= 0.6 is 22.5 Å². The van der Waals surface area contributed by atoms with Crippen LogP contribution in [0.5, 0.6) is 0 Å². The molecule has 0 bridgehead atoms. The number of hydrogen-bond acceptors (Lipinski definition) is 4. The quantitative estimate of drug-likeness (QED) is 0.296. The number of aliphatic hydroxyl groups is 1. The molecule has 0 saturated heterocycles. The number of allylic oxidation sites excluding steroid dienone is 1. The van der Waals surface area contributed by atoms with Crippen LogP contribution in [0.25, 0.3) is 11.6 Å². The summed E-state index contributed by atoms with van der Waals surface area (Å²) in [6, 6.07) is 14.5. The number of anilines is 1. The lowest BCUT2D eigenvalue weighted by atomic mass is 10.1. The molecule has 0 fully saturated rings. The van der Waals surface area contributed by atoms with Crippen LogP contribution in [0.15, 0.2) is 48.7 Å². The number of hydrogen-bond donors (Lipinski definition) is 3. The van der Waals surface area contributed by atoms with Gasteiger partial charge < -0.3 is 10.4 Å². The lowest BCUT2D eigenvalue weighted by Gasteiger charge is -2.06. The van der Waals surface area contributed by atoms with Gasteiger partial charge in [-0.2, -0.15) is 4.57 Å². The summed E-state index contributed by atoms with van der Waals surface area (Å²) in [5, 5.41) is 12.5. The van der Waals surface area contributed by atoms with Crippen LogP contribution in [0.3, 0.4) is 0 Å². The fourth-order valence-electron chi connectivity index (χ4n) is 2.40. The van der Waals surface area contributed by atoms with Crippen molar-refractivity contribution in [3.8, 4) is 0 Å². The Morgan fingerprint density at radius 3 is 2.74 bits per heavy atom. The van der Waals surface area contributed by atoms with E-state index in [0.29, 0.717) is 6.54 Å². The number of pyridine rings is 1. The second-order valence-corrected chi connectivity index (χ2v) is 6.65. The summed E-state index contributed by atoms with van der Waals surface area (Å²) in [6.45, 7) is 3.75. The smallest absolute Gasteiger partial charge is 0.208 e. The molecule has 3 nitrogen and oxygen atoms in total. The maximum absolute atomic E-state index is 9.18. The highest BCUT2D eigenvalue weighted by Crippen LogP contribution is 2.17. The third kappa shape index (κ3) is 5.61. The van der Waals surface area contributed by atoms with Gasteiger partial charge in [0.2, 0.25) is 5.69 Å². The average Bonchev–Trinajstić information content (AvgIpc) is 2.57. The lowest BCUT2D eigenvalue weighted by Crippen LogP contribution is -2.38. The van der Waals surface area contributed by atoms with E-state index in [1.807, 2.05) is 18.3 Å². The van der Waals surface area contributed by atoms with Crippen molar-refractivity contribution in [2.45, 2.75) is 13.5 Å². The van der Waals surface area contributed by atoms with Gasteiger partial charge in [0.15, 0.2) is 12.7 Å². The highest BCUT2D eigenvalue weighted by Gasteiger charge is 2.10. The molecule has 1 aromatic carbocycles. The summed E-state index contributed by atoms with van der Waals surface area (Å²) in [4.78, 5) is 0. The number of rotatable bonds is 8. The van der Waals surface area contributed by atoms with Crippen LogP contribution in [0, 0.1) is 0 Å². The van der Waals surface area contributed by atoms with E-state index in [4.69, 9.17) is 0 Å². The molecule has 0 saturated carbocycles. The van der Waals surface area contributed by atoms with E-state index in [2.05, 4.69) is 64.9 Å². The summed E-state index contributed by atoms with van der Waals surface area (Å²) in [5.74, 6) is 0.975. The zero-order chi connectivity index (χ0) is 16.5. The largest absolute Gasteiger partial charge is 0.390 e. The van der Waals surface area contributed by atoms with E-state index < -0.39 is 0 Å². The first-order valence-corrected chi connectivity index (χ1v) is 9.66. The molecule has 0 unspecified atom stereocenters. The Bertz CT molecular complexity index is 642. The minimum absolute atomic E-state index is 0.139. The van der Waals surface area contributed by atoms with Gasteiger partial charge >= 0.3 is 0 Å². The third-order valence-corrected chi connectivity index (χ3v) is 4.44. The zero-order valence-electron chi connectivity index (χ0n) is 13.3. The molecule has 0 aliphatic carbocycles. The number of nitrogens with zero attached hydrogens (tertiary/aromatic N) is 1. The second-order valence-electron chi connectivity index (χ2n) is 5.21. The summed E-state index contributed by atoms with van der Waals surface area (Å²) >= 11 is 4.13. The summed E-state index contributed by atoms with van der Waals surface area (Å²) in [7, 11) is 1.54. The van der Waals surface area contributed by atoms with E-state index >= 15 is 0 Å². The summed E-state index contributed by atoms with van der Waals surface area (Å²) in [5.41, 5.74) is 4.58. The Morgan fingerprint density at radius 2 is 2.04 bits per heavy atom. The molecule has 23 heavy (non-hydrogen) atoms. The normalized spacial score (nSPS) is 11.5. The van der Waals surface area contributed by atoms with E-state index in [-0.39, 0.29) is 6.61 Å². The monoisotopic (exact) mass is 347 g/mol. The van der Waals surface area contributed by atoms with E-state index in [9.17, 15) is 5.11 Å². The third-order valence-electron chi connectivity index (χ3n) is 3.50. The molecule has 0 aliphatic heterocycles. The van der Waals surface area contributed by atoms with E-state index in [0.717, 1.165) is 29.2 Å². The van der Waals surface area contributed by atoms with Crippen LogP contribution in [0.4, 0.5) is 5.69 Å². The Morgan fingerprint density at radius 1 is 1.26 bits per heavy atom.